The van der Waals surface area contributed by atoms with Crippen LogP contribution in [-0.2, 0) is 16.1 Å². The zero-order valence-corrected chi connectivity index (χ0v) is 13.1. The van der Waals surface area contributed by atoms with Gasteiger partial charge in [-0.2, -0.15) is 0 Å². The number of amides is 1. The highest BCUT2D eigenvalue weighted by molar-refractivity contribution is 7.13. The van der Waals surface area contributed by atoms with E-state index >= 15 is 0 Å². The fourth-order valence-corrected chi connectivity index (χ4v) is 2.57. The second-order valence-electron chi connectivity index (χ2n) is 5.16. The van der Waals surface area contributed by atoms with Crippen LogP contribution in [0.1, 0.15) is 12.6 Å². The third-order valence-electron chi connectivity index (χ3n) is 3.43. The Morgan fingerprint density at radius 1 is 1.55 bits per heavy atom. The van der Waals surface area contributed by atoms with Crippen LogP contribution in [0, 0.1) is 0 Å². The second kappa shape index (κ2) is 7.12. The van der Waals surface area contributed by atoms with Crippen molar-refractivity contribution in [2.75, 3.05) is 45.7 Å². The molecule has 0 aliphatic carbocycles. The Morgan fingerprint density at radius 3 is 2.90 bits per heavy atom. The number of nitrogens with zero attached hydrogens (tertiary/aromatic N) is 3. The zero-order valence-electron chi connectivity index (χ0n) is 12.3. The lowest BCUT2D eigenvalue weighted by atomic mass is 10.3. The van der Waals surface area contributed by atoms with Gasteiger partial charge in [0.15, 0.2) is 5.13 Å². The summed E-state index contributed by atoms with van der Waals surface area (Å²) in [7, 11) is 3.77. The minimum atomic E-state index is -0.165. The van der Waals surface area contributed by atoms with E-state index in [-0.39, 0.29) is 11.9 Å². The van der Waals surface area contributed by atoms with Crippen LogP contribution >= 0.6 is 11.3 Å². The molecule has 0 unspecified atom stereocenters. The Hall–Kier alpha value is -1.02. The van der Waals surface area contributed by atoms with Gasteiger partial charge in [0.2, 0.25) is 5.91 Å². The average molecular weight is 298 g/mol. The van der Waals surface area contributed by atoms with E-state index in [0.29, 0.717) is 5.13 Å². The molecule has 6 nitrogen and oxygen atoms in total. The number of nitrogens with one attached hydrogen (secondary N) is 1. The lowest BCUT2D eigenvalue weighted by Gasteiger charge is -2.25. The van der Waals surface area contributed by atoms with Crippen LogP contribution in [0.25, 0.3) is 0 Å². The molecule has 1 atom stereocenters. The fourth-order valence-electron chi connectivity index (χ4n) is 1.87. The molecule has 0 spiro atoms. The van der Waals surface area contributed by atoms with Gasteiger partial charge < -0.3 is 10.1 Å². The summed E-state index contributed by atoms with van der Waals surface area (Å²) in [6.07, 6.45) is 0. The minimum Gasteiger partial charge on any atom is -0.379 e. The van der Waals surface area contributed by atoms with Gasteiger partial charge in [0.05, 0.1) is 24.9 Å². The van der Waals surface area contributed by atoms with E-state index in [4.69, 9.17) is 4.74 Å². The summed E-state index contributed by atoms with van der Waals surface area (Å²) >= 11 is 1.48. The Morgan fingerprint density at radius 2 is 2.25 bits per heavy atom. The Balaban J connectivity index is 1.87. The van der Waals surface area contributed by atoms with Crippen molar-refractivity contribution >= 4 is 22.4 Å². The Bertz CT molecular complexity index is 443. The van der Waals surface area contributed by atoms with Crippen molar-refractivity contribution in [3.8, 4) is 0 Å². The molecule has 2 heterocycles. The van der Waals surface area contributed by atoms with Crippen LogP contribution in [0.4, 0.5) is 5.13 Å². The molecule has 1 fully saturated rings. The smallest absolute Gasteiger partial charge is 0.243 e. The molecule has 1 aliphatic rings. The van der Waals surface area contributed by atoms with Gasteiger partial charge in [-0.25, -0.2) is 4.98 Å². The number of hydrogen-bond donors (Lipinski definition) is 1. The molecule has 0 saturated carbocycles. The summed E-state index contributed by atoms with van der Waals surface area (Å²) in [6, 6.07) is -0.165. The lowest BCUT2D eigenvalue weighted by molar-refractivity contribution is -0.119. The van der Waals surface area contributed by atoms with Crippen LogP contribution in [0.3, 0.4) is 0 Å². The van der Waals surface area contributed by atoms with Crippen molar-refractivity contribution in [1.82, 2.24) is 14.8 Å². The molecular weight excluding hydrogens is 276 g/mol. The van der Waals surface area contributed by atoms with E-state index in [1.165, 1.54) is 11.3 Å². The molecule has 1 aromatic heterocycles. The largest absolute Gasteiger partial charge is 0.379 e. The number of likely N-dealkylation sites (N-methyl/N-ethyl adjacent to an activating group) is 1. The first-order valence-corrected chi connectivity index (χ1v) is 7.66. The van der Waals surface area contributed by atoms with Gasteiger partial charge in [0.25, 0.3) is 0 Å². The number of carbonyl (C=O) groups is 1. The van der Waals surface area contributed by atoms with Crippen molar-refractivity contribution in [3.63, 3.8) is 0 Å². The summed E-state index contributed by atoms with van der Waals surface area (Å²) in [4.78, 5) is 20.6. The molecular formula is C13H22N4O2S. The predicted molar refractivity (Wildman–Crippen MR) is 80.0 cm³/mol. The van der Waals surface area contributed by atoms with Gasteiger partial charge in [-0.05, 0) is 21.0 Å². The van der Waals surface area contributed by atoms with Crippen molar-refractivity contribution in [2.24, 2.45) is 0 Å². The predicted octanol–water partition coefficient (Wildman–Crippen LogP) is 0.864. The van der Waals surface area contributed by atoms with Crippen LogP contribution in [0.2, 0.25) is 0 Å². The maximum Gasteiger partial charge on any atom is 0.243 e. The molecule has 0 radical (unpaired) electrons. The highest BCUT2D eigenvalue weighted by atomic mass is 32.1. The first kappa shape index (κ1) is 15.4. The summed E-state index contributed by atoms with van der Waals surface area (Å²) in [5, 5.41) is 5.54. The number of hydrogen-bond acceptors (Lipinski definition) is 6. The Labute approximate surface area is 123 Å². The van der Waals surface area contributed by atoms with E-state index in [0.717, 1.165) is 38.5 Å². The average Bonchev–Trinajstić information content (AvgIpc) is 2.86. The molecule has 7 heteroatoms. The zero-order chi connectivity index (χ0) is 14.5. The van der Waals surface area contributed by atoms with Crippen molar-refractivity contribution < 1.29 is 9.53 Å². The van der Waals surface area contributed by atoms with Gasteiger partial charge in [0.1, 0.15) is 0 Å². The van der Waals surface area contributed by atoms with Crippen molar-refractivity contribution in [2.45, 2.75) is 19.5 Å². The number of morpholine rings is 1. The summed E-state index contributed by atoms with van der Waals surface area (Å²) in [5.41, 5.74) is 1.00. The highest BCUT2D eigenvalue weighted by Crippen LogP contribution is 2.17. The number of carbonyl (C=O) groups excluding carboxylic acids is 1. The van der Waals surface area contributed by atoms with E-state index in [1.807, 2.05) is 31.3 Å². The highest BCUT2D eigenvalue weighted by Gasteiger charge is 2.17. The number of ether oxygens (including phenoxy) is 1. The van der Waals surface area contributed by atoms with E-state index in [9.17, 15) is 4.79 Å². The SMILES string of the molecule is C[C@@H](C(=O)Nc1nc(CN2CCOCC2)cs1)N(C)C. The van der Waals surface area contributed by atoms with Crippen LogP contribution in [0.15, 0.2) is 5.38 Å². The molecule has 0 aromatic carbocycles. The third kappa shape index (κ3) is 4.24. The molecule has 1 aromatic rings. The quantitative estimate of drug-likeness (QED) is 0.874. The molecule has 1 aliphatic heterocycles. The second-order valence-corrected chi connectivity index (χ2v) is 6.02. The fraction of sp³-hybridized carbons (Fsp3) is 0.692. The maximum absolute atomic E-state index is 11.9. The molecule has 112 valence electrons. The van der Waals surface area contributed by atoms with Crippen LogP contribution < -0.4 is 5.32 Å². The number of thiazole rings is 1. The monoisotopic (exact) mass is 298 g/mol. The number of rotatable bonds is 5. The summed E-state index contributed by atoms with van der Waals surface area (Å²) in [6.45, 7) is 6.15. The van der Waals surface area contributed by atoms with Gasteiger partial charge in [-0.3, -0.25) is 14.6 Å². The van der Waals surface area contributed by atoms with Gasteiger partial charge in [-0.15, -0.1) is 11.3 Å². The molecule has 1 amide bonds. The van der Waals surface area contributed by atoms with E-state index in [1.54, 1.807) is 0 Å². The maximum atomic E-state index is 11.9. The van der Waals surface area contributed by atoms with Gasteiger partial charge >= 0.3 is 0 Å². The van der Waals surface area contributed by atoms with Crippen LogP contribution in [-0.4, -0.2) is 67.1 Å². The molecule has 1 saturated heterocycles. The molecule has 20 heavy (non-hydrogen) atoms. The first-order valence-electron chi connectivity index (χ1n) is 6.78. The first-order chi connectivity index (χ1) is 9.56. The number of aromatic nitrogens is 1. The van der Waals surface area contributed by atoms with E-state index < -0.39 is 0 Å². The summed E-state index contributed by atoms with van der Waals surface area (Å²) in [5.74, 6) is -0.0257. The van der Waals surface area contributed by atoms with Crippen molar-refractivity contribution in [3.05, 3.63) is 11.1 Å². The normalized spacial score (nSPS) is 18.2. The van der Waals surface area contributed by atoms with Crippen molar-refractivity contribution in [1.29, 1.82) is 0 Å². The topological polar surface area (TPSA) is 57.7 Å². The Kier molecular flexibility index (Phi) is 5.47. The van der Waals surface area contributed by atoms with Crippen LogP contribution in [0.5, 0.6) is 0 Å². The lowest BCUT2D eigenvalue weighted by Crippen LogP contribution is -2.37. The third-order valence-corrected chi connectivity index (χ3v) is 4.23. The molecule has 1 N–H and O–H groups in total. The van der Waals surface area contributed by atoms with E-state index in [2.05, 4.69) is 15.2 Å². The molecule has 2 rings (SSSR count). The molecule has 0 bridgehead atoms. The number of anilines is 1. The summed E-state index contributed by atoms with van der Waals surface area (Å²) < 4.78 is 5.32. The minimum absolute atomic E-state index is 0.0257. The van der Waals surface area contributed by atoms with Gasteiger partial charge in [-0.1, -0.05) is 0 Å². The van der Waals surface area contributed by atoms with Gasteiger partial charge in [0, 0.05) is 25.0 Å². The standard InChI is InChI=1S/C13H22N4O2S/c1-10(16(2)3)12(18)15-13-14-11(9-20-13)8-17-4-6-19-7-5-17/h9-10H,4-8H2,1-3H3,(H,14,15,18)/t10-/m0/s1.